The van der Waals surface area contributed by atoms with Gasteiger partial charge in [0.25, 0.3) is 0 Å². The fourth-order valence-corrected chi connectivity index (χ4v) is 3.08. The van der Waals surface area contributed by atoms with Crippen LogP contribution in [0.3, 0.4) is 0 Å². The van der Waals surface area contributed by atoms with Crippen molar-refractivity contribution in [3.05, 3.63) is 42.7 Å². The monoisotopic (exact) mass is 308 g/mol. The van der Waals surface area contributed by atoms with Crippen LogP contribution in [0.4, 0.5) is 5.82 Å². The van der Waals surface area contributed by atoms with Gasteiger partial charge in [0, 0.05) is 31.0 Å². The highest BCUT2D eigenvalue weighted by Crippen LogP contribution is 2.24. The van der Waals surface area contributed by atoms with Crippen molar-refractivity contribution in [2.75, 3.05) is 25.1 Å². The summed E-state index contributed by atoms with van der Waals surface area (Å²) in [6, 6.07) is 10.0. The normalized spacial score (nSPS) is 15.1. The summed E-state index contributed by atoms with van der Waals surface area (Å²) in [6.07, 6.45) is 7.87. The van der Waals surface area contributed by atoms with E-state index in [9.17, 15) is 0 Å². The molecule has 1 aromatic carbocycles. The molecular weight excluding hydrogens is 288 g/mol. The second-order valence-corrected chi connectivity index (χ2v) is 5.90. The van der Waals surface area contributed by atoms with Gasteiger partial charge in [-0.25, -0.2) is 4.98 Å². The number of ether oxygens (including phenoxy) is 1. The zero-order valence-corrected chi connectivity index (χ0v) is 13.3. The molecule has 2 aromatic heterocycles. The number of benzene rings is 1. The van der Waals surface area contributed by atoms with Crippen LogP contribution < -0.4 is 9.64 Å². The number of hydrogen-bond acceptors (Lipinski definition) is 4. The van der Waals surface area contributed by atoms with E-state index in [0.29, 0.717) is 0 Å². The predicted molar refractivity (Wildman–Crippen MR) is 91.0 cm³/mol. The van der Waals surface area contributed by atoms with Crippen molar-refractivity contribution in [1.29, 1.82) is 0 Å². The molecule has 4 rings (SSSR count). The first-order valence-electron chi connectivity index (χ1n) is 8.08. The first-order chi connectivity index (χ1) is 11.3. The molecule has 0 bridgehead atoms. The van der Waals surface area contributed by atoms with Crippen LogP contribution in [0, 0.1) is 0 Å². The molecular formula is C18H20N4O. The van der Waals surface area contributed by atoms with Crippen LogP contribution >= 0.6 is 0 Å². The van der Waals surface area contributed by atoms with Crippen molar-refractivity contribution in [1.82, 2.24) is 14.4 Å². The van der Waals surface area contributed by atoms with Gasteiger partial charge in [0.2, 0.25) is 5.78 Å². The molecule has 0 unspecified atom stereocenters. The molecule has 5 nitrogen and oxygen atoms in total. The molecule has 1 saturated heterocycles. The number of imidazole rings is 1. The second kappa shape index (κ2) is 5.91. The van der Waals surface area contributed by atoms with Crippen molar-refractivity contribution >= 4 is 11.6 Å². The number of aromatic nitrogens is 3. The fourth-order valence-electron chi connectivity index (χ4n) is 3.08. The molecule has 3 aromatic rings. The van der Waals surface area contributed by atoms with Gasteiger partial charge in [-0.05, 0) is 37.5 Å². The minimum atomic E-state index is 0.742. The molecule has 5 heteroatoms. The van der Waals surface area contributed by atoms with Gasteiger partial charge in [-0.3, -0.25) is 4.40 Å². The number of piperidine rings is 1. The lowest BCUT2D eigenvalue weighted by Crippen LogP contribution is -2.30. The van der Waals surface area contributed by atoms with E-state index in [1.54, 1.807) is 7.11 Å². The minimum absolute atomic E-state index is 0.742. The number of nitrogens with zero attached hydrogens (tertiary/aromatic N) is 4. The predicted octanol–water partition coefficient (Wildman–Crippen LogP) is 3.40. The average Bonchev–Trinajstić information content (AvgIpc) is 3.06. The van der Waals surface area contributed by atoms with Crippen molar-refractivity contribution in [2.24, 2.45) is 0 Å². The van der Waals surface area contributed by atoms with Crippen LogP contribution in [-0.4, -0.2) is 34.6 Å². The van der Waals surface area contributed by atoms with E-state index in [2.05, 4.69) is 16.0 Å². The number of rotatable bonds is 3. The van der Waals surface area contributed by atoms with Crippen LogP contribution in [0.15, 0.2) is 42.7 Å². The molecule has 0 N–H and O–H groups in total. The second-order valence-electron chi connectivity index (χ2n) is 5.90. The van der Waals surface area contributed by atoms with Crippen LogP contribution in [0.2, 0.25) is 0 Å². The third-order valence-electron chi connectivity index (χ3n) is 4.36. The van der Waals surface area contributed by atoms with Gasteiger partial charge in [0.1, 0.15) is 11.6 Å². The minimum Gasteiger partial charge on any atom is -0.497 e. The zero-order chi connectivity index (χ0) is 15.6. The number of anilines is 1. The first kappa shape index (κ1) is 14.1. The highest BCUT2D eigenvalue weighted by atomic mass is 16.5. The lowest BCUT2D eigenvalue weighted by molar-refractivity contribution is 0.415. The van der Waals surface area contributed by atoms with E-state index in [1.165, 1.54) is 19.3 Å². The topological polar surface area (TPSA) is 42.7 Å². The van der Waals surface area contributed by atoms with E-state index in [0.717, 1.165) is 41.7 Å². The lowest BCUT2D eigenvalue weighted by atomic mass is 10.1. The molecule has 0 aliphatic carbocycles. The molecule has 1 aliphatic rings. The van der Waals surface area contributed by atoms with E-state index in [1.807, 2.05) is 41.1 Å². The van der Waals surface area contributed by atoms with Gasteiger partial charge in [0.05, 0.1) is 12.8 Å². The Morgan fingerprint density at radius 3 is 2.74 bits per heavy atom. The number of hydrogen-bond donors (Lipinski definition) is 0. The summed E-state index contributed by atoms with van der Waals surface area (Å²) in [6.45, 7) is 2.18. The van der Waals surface area contributed by atoms with Gasteiger partial charge in [-0.15, -0.1) is 0 Å². The largest absolute Gasteiger partial charge is 0.497 e. The fraction of sp³-hybridized carbons (Fsp3) is 0.333. The Morgan fingerprint density at radius 2 is 1.91 bits per heavy atom. The zero-order valence-electron chi connectivity index (χ0n) is 13.3. The van der Waals surface area contributed by atoms with Gasteiger partial charge < -0.3 is 9.64 Å². The Kier molecular flexibility index (Phi) is 3.61. The van der Waals surface area contributed by atoms with Crippen molar-refractivity contribution < 1.29 is 4.74 Å². The van der Waals surface area contributed by atoms with Crippen LogP contribution in [-0.2, 0) is 0 Å². The quantitative estimate of drug-likeness (QED) is 0.744. The van der Waals surface area contributed by atoms with E-state index in [-0.39, 0.29) is 0 Å². The van der Waals surface area contributed by atoms with E-state index < -0.39 is 0 Å². The molecule has 0 spiro atoms. The Hall–Kier alpha value is -2.56. The SMILES string of the molecule is COc1cccc(-c2cn3ccc(N4CCCCC4)nc3n2)c1. The Morgan fingerprint density at radius 1 is 1.04 bits per heavy atom. The number of methoxy groups -OCH3 is 1. The third kappa shape index (κ3) is 2.74. The van der Waals surface area contributed by atoms with E-state index >= 15 is 0 Å². The molecule has 0 saturated carbocycles. The lowest BCUT2D eigenvalue weighted by Gasteiger charge is -2.27. The Bertz CT molecular complexity index is 821. The molecule has 1 aliphatic heterocycles. The summed E-state index contributed by atoms with van der Waals surface area (Å²) in [5.41, 5.74) is 1.95. The molecule has 1 fully saturated rings. The Labute approximate surface area is 135 Å². The highest BCUT2D eigenvalue weighted by Gasteiger charge is 2.13. The maximum absolute atomic E-state index is 5.29. The molecule has 23 heavy (non-hydrogen) atoms. The summed E-state index contributed by atoms with van der Waals surface area (Å²) < 4.78 is 7.27. The summed E-state index contributed by atoms with van der Waals surface area (Å²) in [7, 11) is 1.68. The maximum atomic E-state index is 5.29. The summed E-state index contributed by atoms with van der Waals surface area (Å²) >= 11 is 0. The summed E-state index contributed by atoms with van der Waals surface area (Å²) in [4.78, 5) is 11.8. The summed E-state index contributed by atoms with van der Waals surface area (Å²) in [5.74, 6) is 2.60. The molecule has 0 radical (unpaired) electrons. The number of fused-ring (bicyclic) bond motifs is 1. The highest BCUT2D eigenvalue weighted by molar-refractivity contribution is 5.63. The first-order valence-corrected chi connectivity index (χ1v) is 8.08. The smallest absolute Gasteiger partial charge is 0.236 e. The van der Waals surface area contributed by atoms with Crippen molar-refractivity contribution in [3.8, 4) is 17.0 Å². The van der Waals surface area contributed by atoms with Gasteiger partial charge >= 0.3 is 0 Å². The average molecular weight is 308 g/mol. The molecule has 118 valence electrons. The summed E-state index contributed by atoms with van der Waals surface area (Å²) in [5, 5.41) is 0. The van der Waals surface area contributed by atoms with E-state index in [4.69, 9.17) is 9.72 Å². The Balaban J connectivity index is 1.69. The maximum Gasteiger partial charge on any atom is 0.236 e. The van der Waals surface area contributed by atoms with Gasteiger partial charge in [0.15, 0.2) is 0 Å². The van der Waals surface area contributed by atoms with Crippen molar-refractivity contribution in [3.63, 3.8) is 0 Å². The van der Waals surface area contributed by atoms with Gasteiger partial charge in [-0.2, -0.15) is 4.98 Å². The van der Waals surface area contributed by atoms with Crippen molar-refractivity contribution in [2.45, 2.75) is 19.3 Å². The van der Waals surface area contributed by atoms with Gasteiger partial charge in [-0.1, -0.05) is 12.1 Å². The third-order valence-corrected chi connectivity index (χ3v) is 4.36. The molecule has 0 atom stereocenters. The standard InChI is InChI=1S/C18H20N4O/c1-23-15-7-5-6-14(12-15)16-13-22-11-8-17(20-18(22)19-16)21-9-3-2-4-10-21/h5-8,11-13H,2-4,9-10H2,1H3. The molecule has 0 amide bonds. The van der Waals surface area contributed by atoms with Crippen LogP contribution in [0.5, 0.6) is 5.75 Å². The molecule has 3 heterocycles. The van der Waals surface area contributed by atoms with Crippen LogP contribution in [0.25, 0.3) is 17.0 Å². The van der Waals surface area contributed by atoms with Crippen LogP contribution in [0.1, 0.15) is 19.3 Å².